The van der Waals surface area contributed by atoms with Crippen LogP contribution in [0.3, 0.4) is 0 Å². The van der Waals surface area contributed by atoms with E-state index in [2.05, 4.69) is 57.9 Å². The second kappa shape index (κ2) is 9.29. The zero-order valence-electron chi connectivity index (χ0n) is 16.8. The monoisotopic (exact) mass is 410 g/mol. The zero-order valence-corrected chi connectivity index (χ0v) is 17.6. The maximum atomic E-state index is 4.84. The van der Waals surface area contributed by atoms with Gasteiger partial charge >= 0.3 is 0 Å². The Balaban J connectivity index is 1.62. The Bertz CT molecular complexity index is 1210. The summed E-state index contributed by atoms with van der Waals surface area (Å²) in [6.07, 6.45) is 1.90. The summed E-state index contributed by atoms with van der Waals surface area (Å²) in [6, 6.07) is 26.0. The van der Waals surface area contributed by atoms with E-state index in [0.29, 0.717) is 6.54 Å². The lowest BCUT2D eigenvalue weighted by Crippen LogP contribution is -2.14. The Morgan fingerprint density at radius 1 is 0.833 bits per heavy atom. The van der Waals surface area contributed by atoms with Crippen molar-refractivity contribution < 1.29 is 0 Å². The quantitative estimate of drug-likeness (QED) is 0.235. The number of aryl methyl sites for hydroxylation is 1. The van der Waals surface area contributed by atoms with E-state index in [-0.39, 0.29) is 0 Å². The van der Waals surface area contributed by atoms with Gasteiger partial charge in [-0.05, 0) is 48.9 Å². The van der Waals surface area contributed by atoms with Gasteiger partial charge in [0.1, 0.15) is 0 Å². The first-order valence-corrected chi connectivity index (χ1v) is 10.6. The topological polar surface area (TPSA) is 42.0 Å². The number of allylic oxidation sites excluding steroid dienone is 1. The Hall–Kier alpha value is -3.57. The van der Waals surface area contributed by atoms with Crippen LogP contribution in [0, 0.1) is 6.92 Å². The number of nitrogens with zero attached hydrogens (tertiary/aromatic N) is 4. The molecule has 0 saturated heterocycles. The largest absolute Gasteiger partial charge is 0.313 e. The van der Waals surface area contributed by atoms with E-state index < -0.39 is 0 Å². The molecule has 0 bridgehead atoms. The van der Waals surface area contributed by atoms with Crippen LogP contribution in [-0.2, 0) is 6.54 Å². The molecular weight excluding hydrogens is 388 g/mol. The summed E-state index contributed by atoms with van der Waals surface area (Å²) in [7, 11) is 0. The highest BCUT2D eigenvalue weighted by molar-refractivity contribution is 7.07. The van der Waals surface area contributed by atoms with Gasteiger partial charge in [-0.1, -0.05) is 54.1 Å². The van der Waals surface area contributed by atoms with Crippen molar-refractivity contribution in [3.8, 4) is 11.3 Å². The van der Waals surface area contributed by atoms with Crippen LogP contribution in [0.4, 0.5) is 17.1 Å². The van der Waals surface area contributed by atoms with E-state index in [9.17, 15) is 0 Å². The summed E-state index contributed by atoms with van der Waals surface area (Å²) in [5.41, 5.74) is 6.08. The number of hydrogen-bond acceptors (Lipinski definition) is 4. The molecule has 0 N–H and O–H groups in total. The normalized spacial score (nSPS) is 11.8. The number of hydrogen-bond donors (Lipinski definition) is 0. The van der Waals surface area contributed by atoms with Crippen LogP contribution in [0.25, 0.3) is 11.3 Å². The molecule has 4 nitrogen and oxygen atoms in total. The predicted octanol–water partition coefficient (Wildman–Crippen LogP) is 7.36. The molecule has 0 aliphatic heterocycles. The van der Waals surface area contributed by atoms with Gasteiger partial charge in [0.25, 0.3) is 0 Å². The van der Waals surface area contributed by atoms with Crippen molar-refractivity contribution in [1.82, 2.24) is 4.57 Å². The standard InChI is InChI=1S/C25H22N4S/c1-3-17-29-24(20-11-9-19(2)10-12-20)18-30-25(29)26-21-13-15-23(16-14-21)28-27-22-7-5-4-6-8-22/h3-16,18H,1,17H2,2H3. The highest BCUT2D eigenvalue weighted by atomic mass is 32.1. The van der Waals surface area contributed by atoms with Crippen molar-refractivity contribution in [3.05, 3.63) is 107 Å². The van der Waals surface area contributed by atoms with Gasteiger partial charge in [-0.25, -0.2) is 4.99 Å². The minimum Gasteiger partial charge on any atom is -0.313 e. The van der Waals surface area contributed by atoms with Crippen molar-refractivity contribution in [2.75, 3.05) is 0 Å². The second-order valence-corrected chi connectivity index (χ2v) is 7.67. The highest BCUT2D eigenvalue weighted by Crippen LogP contribution is 2.23. The van der Waals surface area contributed by atoms with Gasteiger partial charge < -0.3 is 4.57 Å². The third-order valence-electron chi connectivity index (χ3n) is 4.57. The van der Waals surface area contributed by atoms with E-state index in [1.54, 1.807) is 11.3 Å². The molecule has 5 heteroatoms. The van der Waals surface area contributed by atoms with Crippen LogP contribution in [0.2, 0.25) is 0 Å². The molecule has 0 aliphatic rings. The van der Waals surface area contributed by atoms with Gasteiger partial charge in [0, 0.05) is 11.9 Å². The van der Waals surface area contributed by atoms with Crippen LogP contribution < -0.4 is 4.80 Å². The fourth-order valence-electron chi connectivity index (χ4n) is 2.99. The van der Waals surface area contributed by atoms with Crippen molar-refractivity contribution >= 4 is 28.4 Å². The molecule has 148 valence electrons. The fraction of sp³-hybridized carbons (Fsp3) is 0.0800. The molecule has 30 heavy (non-hydrogen) atoms. The molecule has 0 atom stereocenters. The number of azo groups is 1. The number of benzene rings is 3. The molecular formula is C25H22N4S. The number of aromatic nitrogens is 1. The average molecular weight is 411 g/mol. The first kappa shape index (κ1) is 19.7. The summed E-state index contributed by atoms with van der Waals surface area (Å²) in [5.74, 6) is 0. The molecule has 3 aromatic carbocycles. The van der Waals surface area contributed by atoms with Gasteiger partial charge in [-0.3, -0.25) is 0 Å². The van der Waals surface area contributed by atoms with E-state index >= 15 is 0 Å². The molecule has 1 aromatic heterocycles. The smallest absolute Gasteiger partial charge is 0.190 e. The van der Waals surface area contributed by atoms with Crippen molar-refractivity contribution in [2.45, 2.75) is 13.5 Å². The van der Waals surface area contributed by atoms with Crippen LogP contribution in [0.5, 0.6) is 0 Å². The molecule has 0 fully saturated rings. The van der Waals surface area contributed by atoms with Gasteiger partial charge in [0.05, 0.1) is 22.8 Å². The number of thiazole rings is 1. The Morgan fingerprint density at radius 3 is 2.13 bits per heavy atom. The van der Waals surface area contributed by atoms with Crippen LogP contribution in [-0.4, -0.2) is 4.57 Å². The lowest BCUT2D eigenvalue weighted by atomic mass is 10.1. The minimum absolute atomic E-state index is 0.703. The Kier molecular flexibility index (Phi) is 6.11. The fourth-order valence-corrected chi connectivity index (χ4v) is 3.93. The second-order valence-electron chi connectivity index (χ2n) is 6.83. The molecule has 0 aliphatic carbocycles. The van der Waals surface area contributed by atoms with E-state index in [1.807, 2.05) is 60.7 Å². The van der Waals surface area contributed by atoms with Crippen molar-refractivity contribution in [2.24, 2.45) is 15.2 Å². The molecule has 0 saturated carbocycles. The van der Waals surface area contributed by atoms with Crippen LogP contribution in [0.1, 0.15) is 5.56 Å². The maximum Gasteiger partial charge on any atom is 0.190 e. The third-order valence-corrected chi connectivity index (χ3v) is 5.43. The summed E-state index contributed by atoms with van der Waals surface area (Å²) in [5, 5.41) is 10.7. The Labute approximate surface area is 180 Å². The van der Waals surface area contributed by atoms with Gasteiger partial charge in [0.15, 0.2) is 4.80 Å². The SMILES string of the molecule is C=CCn1c(-c2ccc(C)cc2)csc1=Nc1ccc(N=Nc2ccccc2)cc1. The van der Waals surface area contributed by atoms with Gasteiger partial charge in [-0.2, -0.15) is 10.2 Å². The predicted molar refractivity (Wildman–Crippen MR) is 125 cm³/mol. The summed E-state index contributed by atoms with van der Waals surface area (Å²) >= 11 is 1.63. The summed E-state index contributed by atoms with van der Waals surface area (Å²) in [4.78, 5) is 5.78. The molecule has 0 radical (unpaired) electrons. The molecule has 0 amide bonds. The van der Waals surface area contributed by atoms with Crippen molar-refractivity contribution in [3.63, 3.8) is 0 Å². The molecule has 4 aromatic rings. The van der Waals surface area contributed by atoms with Crippen molar-refractivity contribution in [1.29, 1.82) is 0 Å². The Morgan fingerprint density at radius 2 is 1.47 bits per heavy atom. The maximum absolute atomic E-state index is 4.84. The van der Waals surface area contributed by atoms with Gasteiger partial charge in [0.2, 0.25) is 0 Å². The molecule has 0 unspecified atom stereocenters. The lowest BCUT2D eigenvalue weighted by Gasteiger charge is -2.07. The first-order chi connectivity index (χ1) is 14.7. The van der Waals surface area contributed by atoms with Crippen LogP contribution in [0.15, 0.2) is 112 Å². The summed E-state index contributed by atoms with van der Waals surface area (Å²) < 4.78 is 2.19. The average Bonchev–Trinajstić information content (AvgIpc) is 3.17. The first-order valence-electron chi connectivity index (χ1n) is 9.71. The lowest BCUT2D eigenvalue weighted by molar-refractivity contribution is 0.800. The molecule has 1 heterocycles. The van der Waals surface area contributed by atoms with Crippen LogP contribution >= 0.6 is 11.3 Å². The number of rotatable bonds is 6. The minimum atomic E-state index is 0.703. The van der Waals surface area contributed by atoms with E-state index in [0.717, 1.165) is 27.6 Å². The molecule has 0 spiro atoms. The van der Waals surface area contributed by atoms with E-state index in [4.69, 9.17) is 4.99 Å². The van der Waals surface area contributed by atoms with E-state index in [1.165, 1.54) is 11.1 Å². The highest BCUT2D eigenvalue weighted by Gasteiger charge is 2.07. The third kappa shape index (κ3) is 4.70. The summed E-state index contributed by atoms with van der Waals surface area (Å²) in [6.45, 7) is 6.71. The molecule has 4 rings (SSSR count). The van der Waals surface area contributed by atoms with Gasteiger partial charge in [-0.15, -0.1) is 17.9 Å². The zero-order chi connectivity index (χ0) is 20.8.